The summed E-state index contributed by atoms with van der Waals surface area (Å²) in [6.45, 7) is 0. The van der Waals surface area contributed by atoms with E-state index in [4.69, 9.17) is 23.2 Å². The van der Waals surface area contributed by atoms with Crippen LogP contribution in [0.1, 0.15) is 37.7 Å². The van der Waals surface area contributed by atoms with Crippen molar-refractivity contribution in [2.45, 2.75) is 44.6 Å². The van der Waals surface area contributed by atoms with Crippen LogP contribution in [0.15, 0.2) is 29.8 Å². The molecule has 1 aromatic carbocycles. The van der Waals surface area contributed by atoms with Crippen molar-refractivity contribution in [3.05, 3.63) is 45.5 Å². The van der Waals surface area contributed by atoms with Crippen molar-refractivity contribution < 1.29 is 0 Å². The average Bonchev–Trinajstić information content (AvgIpc) is 2.43. The molecule has 0 fully saturated rings. The molecule has 0 saturated heterocycles. The second kappa shape index (κ2) is 7.33. The smallest absolute Gasteiger partial charge is 0.0439 e. The molecule has 1 aliphatic rings. The maximum atomic E-state index is 6.24. The van der Waals surface area contributed by atoms with Crippen LogP contribution in [0.2, 0.25) is 10.0 Å². The second-order valence-electron chi connectivity index (χ2n) is 5.24. The highest BCUT2D eigenvalue weighted by Gasteiger charge is 2.13. The molecule has 0 saturated carbocycles. The van der Waals surface area contributed by atoms with Crippen molar-refractivity contribution in [1.82, 2.24) is 5.32 Å². The van der Waals surface area contributed by atoms with E-state index in [1.807, 2.05) is 25.2 Å². The van der Waals surface area contributed by atoms with Crippen molar-refractivity contribution >= 4 is 23.2 Å². The van der Waals surface area contributed by atoms with Gasteiger partial charge in [-0.3, -0.25) is 0 Å². The van der Waals surface area contributed by atoms with Gasteiger partial charge in [-0.05, 0) is 69.3 Å². The van der Waals surface area contributed by atoms with E-state index in [-0.39, 0.29) is 0 Å². The van der Waals surface area contributed by atoms with Gasteiger partial charge in [0, 0.05) is 16.1 Å². The van der Waals surface area contributed by atoms with Gasteiger partial charge in [-0.25, -0.2) is 0 Å². The van der Waals surface area contributed by atoms with E-state index in [9.17, 15) is 0 Å². The Hall–Kier alpha value is -0.500. The van der Waals surface area contributed by atoms with Gasteiger partial charge in [-0.15, -0.1) is 0 Å². The lowest BCUT2D eigenvalue weighted by molar-refractivity contribution is 0.532. The minimum absolute atomic E-state index is 0.431. The van der Waals surface area contributed by atoms with E-state index in [2.05, 4.69) is 11.4 Å². The third kappa shape index (κ3) is 4.52. The van der Waals surface area contributed by atoms with Crippen LogP contribution >= 0.6 is 23.2 Å². The van der Waals surface area contributed by atoms with Gasteiger partial charge >= 0.3 is 0 Å². The van der Waals surface area contributed by atoms with Gasteiger partial charge in [0.25, 0.3) is 0 Å². The summed E-state index contributed by atoms with van der Waals surface area (Å²) in [5, 5.41) is 4.97. The Kier molecular flexibility index (Phi) is 5.75. The highest BCUT2D eigenvalue weighted by molar-refractivity contribution is 6.33. The highest BCUT2D eigenvalue weighted by atomic mass is 35.5. The molecule has 1 aliphatic carbocycles. The fourth-order valence-electron chi connectivity index (χ4n) is 2.65. The fraction of sp³-hybridized carbons (Fsp3) is 0.500. The molecule has 2 rings (SSSR count). The van der Waals surface area contributed by atoms with Gasteiger partial charge in [0.05, 0.1) is 0 Å². The normalized spacial score (nSPS) is 17.1. The van der Waals surface area contributed by atoms with Crippen molar-refractivity contribution in [3.8, 4) is 0 Å². The molecular formula is C16H21Cl2N. The molecule has 0 radical (unpaired) electrons. The minimum atomic E-state index is 0.431. The van der Waals surface area contributed by atoms with E-state index < -0.39 is 0 Å². The molecule has 3 heteroatoms. The molecule has 0 aliphatic heterocycles. The predicted molar refractivity (Wildman–Crippen MR) is 84.2 cm³/mol. The third-order valence-corrected chi connectivity index (χ3v) is 4.38. The summed E-state index contributed by atoms with van der Waals surface area (Å²) in [5.41, 5.74) is 2.72. The van der Waals surface area contributed by atoms with Crippen LogP contribution in [-0.4, -0.2) is 13.1 Å². The van der Waals surface area contributed by atoms with Crippen LogP contribution in [-0.2, 0) is 6.42 Å². The lowest BCUT2D eigenvalue weighted by atomic mass is 9.92. The first-order valence-electron chi connectivity index (χ1n) is 6.98. The monoisotopic (exact) mass is 297 g/mol. The maximum Gasteiger partial charge on any atom is 0.0439 e. The zero-order valence-corrected chi connectivity index (χ0v) is 12.9. The summed E-state index contributed by atoms with van der Waals surface area (Å²) < 4.78 is 0. The Balaban J connectivity index is 2.02. The lowest BCUT2D eigenvalue weighted by Gasteiger charge is -2.21. The molecule has 1 atom stereocenters. The Labute approximate surface area is 126 Å². The van der Waals surface area contributed by atoms with Gasteiger partial charge in [0.15, 0.2) is 0 Å². The van der Waals surface area contributed by atoms with Crippen LogP contribution in [0, 0.1) is 0 Å². The second-order valence-corrected chi connectivity index (χ2v) is 6.08. The van der Waals surface area contributed by atoms with Crippen molar-refractivity contribution in [1.29, 1.82) is 0 Å². The number of likely N-dealkylation sites (N-methyl/N-ethyl adjacent to an activating group) is 1. The summed E-state index contributed by atoms with van der Waals surface area (Å²) in [5.74, 6) is 0. The van der Waals surface area contributed by atoms with E-state index in [1.54, 1.807) is 5.57 Å². The molecule has 0 aromatic heterocycles. The van der Waals surface area contributed by atoms with Crippen LogP contribution in [0.25, 0.3) is 0 Å². The van der Waals surface area contributed by atoms with Gasteiger partial charge in [0.2, 0.25) is 0 Å². The van der Waals surface area contributed by atoms with Crippen LogP contribution in [0.4, 0.5) is 0 Å². The molecular weight excluding hydrogens is 277 g/mol. The highest BCUT2D eigenvalue weighted by Crippen LogP contribution is 2.25. The molecule has 0 heterocycles. The Morgan fingerprint density at radius 2 is 2.05 bits per heavy atom. The van der Waals surface area contributed by atoms with E-state index in [0.717, 1.165) is 28.5 Å². The molecule has 1 aromatic rings. The topological polar surface area (TPSA) is 12.0 Å². The Morgan fingerprint density at radius 1 is 1.21 bits per heavy atom. The molecule has 0 spiro atoms. The minimum Gasteiger partial charge on any atom is -0.316 e. The largest absolute Gasteiger partial charge is 0.316 e. The van der Waals surface area contributed by atoms with E-state index in [1.165, 1.54) is 25.7 Å². The molecule has 19 heavy (non-hydrogen) atoms. The third-order valence-electron chi connectivity index (χ3n) is 3.78. The van der Waals surface area contributed by atoms with Gasteiger partial charge < -0.3 is 5.32 Å². The molecule has 1 unspecified atom stereocenters. The summed E-state index contributed by atoms with van der Waals surface area (Å²) in [4.78, 5) is 0. The number of rotatable bonds is 5. The van der Waals surface area contributed by atoms with Crippen molar-refractivity contribution in [3.63, 3.8) is 0 Å². The zero-order chi connectivity index (χ0) is 13.7. The lowest BCUT2D eigenvalue weighted by Crippen LogP contribution is -2.28. The van der Waals surface area contributed by atoms with Gasteiger partial charge in [-0.1, -0.05) is 34.9 Å². The molecule has 0 amide bonds. The first-order chi connectivity index (χ1) is 9.19. The first-order valence-corrected chi connectivity index (χ1v) is 7.73. The number of hydrogen-bond donors (Lipinski definition) is 1. The Morgan fingerprint density at radius 3 is 2.74 bits per heavy atom. The van der Waals surface area contributed by atoms with E-state index >= 15 is 0 Å². The SMILES string of the molecule is CNC(CC1=CCCCC1)Cc1cc(Cl)ccc1Cl. The van der Waals surface area contributed by atoms with Crippen LogP contribution in [0.5, 0.6) is 0 Å². The van der Waals surface area contributed by atoms with Crippen LogP contribution < -0.4 is 5.32 Å². The van der Waals surface area contributed by atoms with E-state index in [0.29, 0.717) is 6.04 Å². The number of nitrogens with one attached hydrogen (secondary N) is 1. The van der Waals surface area contributed by atoms with Crippen molar-refractivity contribution in [2.75, 3.05) is 7.05 Å². The standard InChI is InChI=1S/C16H21Cl2N/c1-19-15(9-12-5-3-2-4-6-12)11-13-10-14(17)7-8-16(13)18/h5,7-8,10,15,19H,2-4,6,9,11H2,1H3. The molecule has 104 valence electrons. The van der Waals surface area contributed by atoms with Crippen molar-refractivity contribution in [2.24, 2.45) is 0 Å². The fourth-order valence-corrected chi connectivity index (χ4v) is 3.04. The average molecular weight is 298 g/mol. The maximum absolute atomic E-state index is 6.24. The number of halogens is 2. The summed E-state index contributed by atoms with van der Waals surface area (Å²) in [6.07, 6.45) is 9.61. The predicted octanol–water partition coefficient (Wildman–Crippen LogP) is 5.01. The number of hydrogen-bond acceptors (Lipinski definition) is 1. The summed E-state index contributed by atoms with van der Waals surface area (Å²) in [6, 6.07) is 6.13. The quantitative estimate of drug-likeness (QED) is 0.753. The number of benzene rings is 1. The molecule has 0 bridgehead atoms. The summed E-state index contributed by atoms with van der Waals surface area (Å²) in [7, 11) is 2.02. The molecule has 1 N–H and O–H groups in total. The Bertz CT molecular complexity index is 454. The number of allylic oxidation sites excluding steroid dienone is 1. The van der Waals surface area contributed by atoms with Crippen LogP contribution in [0.3, 0.4) is 0 Å². The first kappa shape index (κ1) is 14.9. The zero-order valence-electron chi connectivity index (χ0n) is 11.4. The van der Waals surface area contributed by atoms with Gasteiger partial charge in [0.1, 0.15) is 0 Å². The molecule has 1 nitrogen and oxygen atoms in total. The van der Waals surface area contributed by atoms with Gasteiger partial charge in [-0.2, -0.15) is 0 Å². The summed E-state index contributed by atoms with van der Waals surface area (Å²) >= 11 is 12.3.